The van der Waals surface area contributed by atoms with Crippen molar-refractivity contribution in [1.82, 2.24) is 4.98 Å². The molecule has 1 aromatic heterocycles. The molecule has 0 saturated carbocycles. The molecule has 0 spiro atoms. The van der Waals surface area contributed by atoms with E-state index in [2.05, 4.69) is 20.9 Å². The number of halogens is 2. The summed E-state index contributed by atoms with van der Waals surface area (Å²) in [6.45, 7) is 0.330. The first-order valence-corrected chi connectivity index (χ1v) is 3.82. The van der Waals surface area contributed by atoms with Gasteiger partial charge in [0.15, 0.2) is 0 Å². The molecule has 0 saturated heterocycles. The molecule has 60 valence electrons. The molecule has 11 heavy (non-hydrogen) atoms. The number of nitrogens with zero attached hydrogens (tertiary/aromatic N) is 1. The number of hydrogen-bond acceptors (Lipinski definition) is 2. The average molecular weight is 220 g/mol. The van der Waals surface area contributed by atoms with Gasteiger partial charge in [0.25, 0.3) is 0 Å². The third-order valence-electron chi connectivity index (χ3n) is 1.10. The number of ether oxygens (including phenoxy) is 1. The second-order valence-corrected chi connectivity index (χ2v) is 2.95. The zero-order chi connectivity index (χ0) is 8.27. The molecule has 1 rings (SSSR count). The van der Waals surface area contributed by atoms with Crippen LogP contribution in [0.25, 0.3) is 0 Å². The van der Waals surface area contributed by atoms with Crippen LogP contribution in [0.3, 0.4) is 0 Å². The van der Waals surface area contributed by atoms with Gasteiger partial charge in [0, 0.05) is 17.6 Å². The summed E-state index contributed by atoms with van der Waals surface area (Å²) < 4.78 is 18.0. The SMILES string of the molecule is COCc1cc(Br)cc(F)n1. The summed E-state index contributed by atoms with van der Waals surface area (Å²) in [6.07, 6.45) is 0. The fourth-order valence-electron chi connectivity index (χ4n) is 0.738. The van der Waals surface area contributed by atoms with Crippen LogP contribution in [0.1, 0.15) is 5.69 Å². The van der Waals surface area contributed by atoms with E-state index in [-0.39, 0.29) is 0 Å². The Labute approximate surface area is 72.5 Å². The standard InChI is InChI=1S/C7H7BrFNO/c1-11-4-6-2-5(8)3-7(9)10-6/h2-3H,4H2,1H3. The van der Waals surface area contributed by atoms with Crippen molar-refractivity contribution in [2.45, 2.75) is 6.61 Å². The molecular weight excluding hydrogens is 213 g/mol. The van der Waals surface area contributed by atoms with Crippen molar-refractivity contribution in [2.75, 3.05) is 7.11 Å². The first-order valence-electron chi connectivity index (χ1n) is 3.03. The highest BCUT2D eigenvalue weighted by Crippen LogP contribution is 2.12. The summed E-state index contributed by atoms with van der Waals surface area (Å²) in [6, 6.07) is 3.02. The molecule has 0 unspecified atom stereocenters. The van der Waals surface area contributed by atoms with Gasteiger partial charge in [0.05, 0.1) is 12.3 Å². The average Bonchev–Trinajstić information content (AvgIpc) is 1.85. The van der Waals surface area contributed by atoms with Gasteiger partial charge in [-0.05, 0) is 6.07 Å². The Balaban J connectivity index is 2.89. The van der Waals surface area contributed by atoms with Crippen molar-refractivity contribution in [3.63, 3.8) is 0 Å². The lowest BCUT2D eigenvalue weighted by Crippen LogP contribution is -1.94. The Morgan fingerprint density at radius 1 is 1.64 bits per heavy atom. The molecule has 0 amide bonds. The maximum Gasteiger partial charge on any atom is 0.214 e. The zero-order valence-electron chi connectivity index (χ0n) is 5.97. The van der Waals surface area contributed by atoms with E-state index in [0.717, 1.165) is 0 Å². The number of rotatable bonds is 2. The largest absolute Gasteiger partial charge is 0.378 e. The molecule has 0 aliphatic heterocycles. The third-order valence-corrected chi connectivity index (χ3v) is 1.56. The first kappa shape index (κ1) is 8.62. The van der Waals surface area contributed by atoms with Crippen molar-refractivity contribution in [3.05, 3.63) is 28.2 Å². The molecule has 0 radical (unpaired) electrons. The van der Waals surface area contributed by atoms with Gasteiger partial charge in [-0.3, -0.25) is 0 Å². The molecule has 0 bridgehead atoms. The monoisotopic (exact) mass is 219 g/mol. The van der Waals surface area contributed by atoms with E-state index in [1.54, 1.807) is 13.2 Å². The molecule has 0 aromatic carbocycles. The van der Waals surface area contributed by atoms with Gasteiger partial charge < -0.3 is 4.74 Å². The van der Waals surface area contributed by atoms with Gasteiger partial charge in [-0.25, -0.2) is 4.98 Å². The van der Waals surface area contributed by atoms with Gasteiger partial charge in [-0.15, -0.1) is 0 Å². The molecule has 0 atom stereocenters. The molecule has 0 N–H and O–H groups in total. The minimum absolute atomic E-state index is 0.330. The normalized spacial score (nSPS) is 10.1. The Morgan fingerprint density at radius 3 is 2.91 bits per heavy atom. The van der Waals surface area contributed by atoms with Crippen LogP contribution >= 0.6 is 15.9 Å². The van der Waals surface area contributed by atoms with Crippen molar-refractivity contribution >= 4 is 15.9 Å². The number of aromatic nitrogens is 1. The van der Waals surface area contributed by atoms with Gasteiger partial charge in [-0.1, -0.05) is 15.9 Å². The van der Waals surface area contributed by atoms with Crippen LogP contribution in [0.5, 0.6) is 0 Å². The van der Waals surface area contributed by atoms with Crippen LogP contribution in [0.15, 0.2) is 16.6 Å². The Kier molecular flexibility index (Phi) is 2.96. The number of hydrogen-bond donors (Lipinski definition) is 0. The second-order valence-electron chi connectivity index (χ2n) is 2.03. The maximum atomic E-state index is 12.6. The van der Waals surface area contributed by atoms with E-state index in [1.165, 1.54) is 6.07 Å². The lowest BCUT2D eigenvalue weighted by atomic mass is 10.4. The van der Waals surface area contributed by atoms with Crippen LogP contribution in [0, 0.1) is 5.95 Å². The highest BCUT2D eigenvalue weighted by molar-refractivity contribution is 9.10. The van der Waals surface area contributed by atoms with Crippen molar-refractivity contribution < 1.29 is 9.13 Å². The maximum absolute atomic E-state index is 12.6. The molecule has 2 nitrogen and oxygen atoms in total. The molecule has 0 fully saturated rings. The van der Waals surface area contributed by atoms with Crippen molar-refractivity contribution in [2.24, 2.45) is 0 Å². The Hall–Kier alpha value is -0.480. The summed E-state index contributed by atoms with van der Waals surface area (Å²) in [4.78, 5) is 3.60. The minimum Gasteiger partial charge on any atom is -0.378 e. The first-order chi connectivity index (χ1) is 5.22. The van der Waals surface area contributed by atoms with Gasteiger partial charge in [0.2, 0.25) is 5.95 Å². The van der Waals surface area contributed by atoms with Crippen molar-refractivity contribution in [3.8, 4) is 0 Å². The van der Waals surface area contributed by atoms with E-state index in [1.807, 2.05) is 0 Å². The summed E-state index contributed by atoms with van der Waals surface area (Å²) in [5.74, 6) is -0.494. The highest BCUT2D eigenvalue weighted by Gasteiger charge is 1.98. The topological polar surface area (TPSA) is 22.1 Å². The quantitative estimate of drug-likeness (QED) is 0.712. The van der Waals surface area contributed by atoms with E-state index >= 15 is 0 Å². The fourth-order valence-corrected chi connectivity index (χ4v) is 1.19. The second kappa shape index (κ2) is 3.78. The zero-order valence-corrected chi connectivity index (χ0v) is 7.56. The molecule has 4 heteroatoms. The smallest absolute Gasteiger partial charge is 0.214 e. The Morgan fingerprint density at radius 2 is 2.36 bits per heavy atom. The summed E-state index contributed by atoms with van der Waals surface area (Å²) in [5, 5.41) is 0. The predicted molar refractivity (Wildman–Crippen MR) is 42.6 cm³/mol. The highest BCUT2D eigenvalue weighted by atomic mass is 79.9. The lowest BCUT2D eigenvalue weighted by Gasteiger charge is -1.98. The fraction of sp³-hybridized carbons (Fsp3) is 0.286. The van der Waals surface area contributed by atoms with Crippen LogP contribution in [0.2, 0.25) is 0 Å². The van der Waals surface area contributed by atoms with E-state index in [4.69, 9.17) is 4.74 Å². The number of methoxy groups -OCH3 is 1. The molecule has 0 aliphatic rings. The molecule has 1 heterocycles. The number of pyridine rings is 1. The molecular formula is C7H7BrFNO. The van der Waals surface area contributed by atoms with Gasteiger partial charge in [0.1, 0.15) is 0 Å². The lowest BCUT2D eigenvalue weighted by molar-refractivity contribution is 0.180. The van der Waals surface area contributed by atoms with E-state index in [0.29, 0.717) is 16.8 Å². The minimum atomic E-state index is -0.494. The van der Waals surface area contributed by atoms with E-state index < -0.39 is 5.95 Å². The van der Waals surface area contributed by atoms with Crippen LogP contribution in [0.4, 0.5) is 4.39 Å². The molecule has 1 aromatic rings. The summed E-state index contributed by atoms with van der Waals surface area (Å²) in [5.41, 5.74) is 0.583. The van der Waals surface area contributed by atoms with Crippen LogP contribution < -0.4 is 0 Å². The van der Waals surface area contributed by atoms with E-state index in [9.17, 15) is 4.39 Å². The summed E-state index contributed by atoms with van der Waals surface area (Å²) in [7, 11) is 1.54. The summed E-state index contributed by atoms with van der Waals surface area (Å²) >= 11 is 3.15. The Bertz CT molecular complexity index is 234. The van der Waals surface area contributed by atoms with Gasteiger partial charge in [-0.2, -0.15) is 4.39 Å². The molecule has 0 aliphatic carbocycles. The van der Waals surface area contributed by atoms with Crippen LogP contribution in [-0.4, -0.2) is 12.1 Å². The third kappa shape index (κ3) is 2.55. The van der Waals surface area contributed by atoms with Crippen molar-refractivity contribution in [1.29, 1.82) is 0 Å². The van der Waals surface area contributed by atoms with Crippen LogP contribution in [-0.2, 0) is 11.3 Å². The predicted octanol–water partition coefficient (Wildman–Crippen LogP) is 2.13. The van der Waals surface area contributed by atoms with Gasteiger partial charge >= 0.3 is 0 Å².